The second kappa shape index (κ2) is 9.62. The molecule has 0 saturated carbocycles. The number of hydrogen-bond donors (Lipinski definition) is 1. The number of Topliss-reactive ketones (excluding diaryl/α,β-unsaturated/α-hetero) is 1. The monoisotopic (exact) mass is 500 g/mol. The maximum atomic E-state index is 13.7. The average Bonchev–Trinajstić information content (AvgIpc) is 2.91. The van der Waals surface area contributed by atoms with Gasteiger partial charge in [0.15, 0.2) is 23.5 Å². The van der Waals surface area contributed by atoms with Gasteiger partial charge in [0.25, 0.3) is 5.91 Å². The van der Waals surface area contributed by atoms with E-state index in [4.69, 9.17) is 4.74 Å². The molecule has 3 aromatic carbocycles. The molecule has 5 rings (SSSR count). The number of thioether (sulfide) groups is 1. The fourth-order valence-corrected chi connectivity index (χ4v) is 6.26. The van der Waals surface area contributed by atoms with Gasteiger partial charge in [-0.1, -0.05) is 91.0 Å². The Morgan fingerprint density at radius 2 is 1.44 bits per heavy atom. The molecule has 2 fully saturated rings. The van der Waals surface area contributed by atoms with Crippen LogP contribution in [0, 0.1) is 0 Å². The zero-order valence-corrected chi connectivity index (χ0v) is 20.3. The number of β-lactam (4-membered cyclic amide) rings is 1. The van der Waals surface area contributed by atoms with E-state index in [1.54, 1.807) is 24.3 Å². The van der Waals surface area contributed by atoms with Crippen molar-refractivity contribution in [1.82, 2.24) is 10.2 Å². The lowest BCUT2D eigenvalue weighted by Crippen LogP contribution is -2.81. The second-order valence-electron chi connectivity index (χ2n) is 8.74. The fraction of sp³-hybridized carbons (Fsp3) is 0.214. The van der Waals surface area contributed by atoms with Crippen LogP contribution in [0.4, 0.5) is 0 Å². The number of esters is 1. The van der Waals surface area contributed by atoms with E-state index in [0.29, 0.717) is 5.56 Å². The lowest BCUT2D eigenvalue weighted by atomic mass is 9.78. The molecule has 36 heavy (non-hydrogen) atoms. The van der Waals surface area contributed by atoms with E-state index in [1.807, 2.05) is 66.7 Å². The van der Waals surface area contributed by atoms with E-state index >= 15 is 0 Å². The highest BCUT2D eigenvalue weighted by Gasteiger charge is 2.68. The van der Waals surface area contributed by atoms with Crippen molar-refractivity contribution in [2.75, 3.05) is 5.75 Å². The van der Waals surface area contributed by atoms with Crippen molar-refractivity contribution in [3.63, 3.8) is 0 Å². The molecule has 1 unspecified atom stereocenters. The number of amides is 2. The molecule has 0 spiro atoms. The van der Waals surface area contributed by atoms with Gasteiger partial charge < -0.3 is 15.0 Å². The predicted octanol–water partition coefficient (Wildman–Crippen LogP) is 3.20. The van der Waals surface area contributed by atoms with Crippen molar-refractivity contribution in [2.45, 2.75) is 30.0 Å². The minimum Gasteiger partial charge on any atom is -0.451 e. The summed E-state index contributed by atoms with van der Waals surface area (Å²) in [5.41, 5.74) is 0.748. The first-order valence-corrected chi connectivity index (χ1v) is 12.6. The number of nitrogens with one attached hydrogen (secondary N) is 1. The highest BCUT2D eigenvalue weighted by molar-refractivity contribution is 8.00. The quantitative estimate of drug-likeness (QED) is 0.318. The Morgan fingerprint density at radius 1 is 0.917 bits per heavy atom. The van der Waals surface area contributed by atoms with Crippen LogP contribution in [-0.4, -0.2) is 45.6 Å². The first kappa shape index (κ1) is 23.8. The van der Waals surface area contributed by atoms with Crippen LogP contribution in [0.2, 0.25) is 0 Å². The van der Waals surface area contributed by atoms with E-state index in [-0.39, 0.29) is 11.7 Å². The topological polar surface area (TPSA) is 92.8 Å². The van der Waals surface area contributed by atoms with Crippen molar-refractivity contribution in [3.8, 4) is 0 Å². The van der Waals surface area contributed by atoms with Crippen molar-refractivity contribution in [2.24, 2.45) is 0 Å². The Morgan fingerprint density at radius 3 is 1.97 bits per heavy atom. The number of hydrogen-bond acceptors (Lipinski definition) is 6. The molecular weight excluding hydrogens is 476 g/mol. The average molecular weight is 501 g/mol. The summed E-state index contributed by atoms with van der Waals surface area (Å²) in [6.07, 6.45) is -0.744. The second-order valence-corrected chi connectivity index (χ2v) is 9.81. The Balaban J connectivity index is 1.47. The Labute approximate surface area is 212 Å². The third kappa shape index (κ3) is 3.97. The van der Waals surface area contributed by atoms with Gasteiger partial charge in [-0.25, -0.2) is 4.79 Å². The van der Waals surface area contributed by atoms with Crippen LogP contribution in [0.5, 0.6) is 0 Å². The molecular formula is C28H24N2O5S. The SMILES string of the molecule is CC(=O)N[C@@]1(c2ccccc2)C(=O)N2C(C(=O)OC(c3ccccc3)c3ccccc3)C(=O)CS[C@H]21. The summed E-state index contributed by atoms with van der Waals surface area (Å²) < 4.78 is 5.94. The molecule has 0 bridgehead atoms. The summed E-state index contributed by atoms with van der Waals surface area (Å²) in [5, 5.41) is 2.18. The van der Waals surface area contributed by atoms with Crippen molar-refractivity contribution in [3.05, 3.63) is 108 Å². The molecule has 182 valence electrons. The largest absolute Gasteiger partial charge is 0.451 e. The van der Waals surface area contributed by atoms with Crippen molar-refractivity contribution in [1.29, 1.82) is 0 Å². The zero-order chi connectivity index (χ0) is 25.3. The lowest BCUT2D eigenvalue weighted by molar-refractivity contribution is -0.177. The number of rotatable bonds is 6. The number of fused-ring (bicyclic) bond motifs is 1. The number of carbonyl (C=O) groups excluding carboxylic acids is 4. The molecule has 1 N–H and O–H groups in total. The highest BCUT2D eigenvalue weighted by Crippen LogP contribution is 2.49. The van der Waals surface area contributed by atoms with E-state index in [0.717, 1.165) is 11.1 Å². The normalized spacial score (nSPS) is 23.0. The van der Waals surface area contributed by atoms with Crippen LogP contribution < -0.4 is 5.32 Å². The van der Waals surface area contributed by atoms with Crippen LogP contribution in [0.1, 0.15) is 29.7 Å². The maximum absolute atomic E-state index is 13.7. The number of ether oxygens (including phenoxy) is 1. The number of benzene rings is 3. The first-order chi connectivity index (χ1) is 17.4. The van der Waals surface area contributed by atoms with Gasteiger partial charge in [0, 0.05) is 6.92 Å². The lowest BCUT2D eigenvalue weighted by Gasteiger charge is -2.58. The van der Waals surface area contributed by atoms with Gasteiger partial charge in [-0.3, -0.25) is 14.4 Å². The Bertz CT molecular complexity index is 1260. The molecule has 2 amide bonds. The minimum absolute atomic E-state index is 0.0176. The van der Waals surface area contributed by atoms with Crippen molar-refractivity contribution < 1.29 is 23.9 Å². The van der Waals surface area contributed by atoms with Crippen LogP contribution in [0.25, 0.3) is 0 Å². The maximum Gasteiger partial charge on any atom is 0.337 e. The summed E-state index contributed by atoms with van der Waals surface area (Å²) >= 11 is 1.23. The number of ketones is 1. The van der Waals surface area contributed by atoms with Gasteiger partial charge in [0.05, 0.1) is 5.75 Å². The van der Waals surface area contributed by atoms with Gasteiger partial charge in [0.1, 0.15) is 5.37 Å². The van der Waals surface area contributed by atoms with E-state index in [9.17, 15) is 19.2 Å². The number of nitrogens with zero attached hydrogens (tertiary/aromatic N) is 1. The van der Waals surface area contributed by atoms with Crippen molar-refractivity contribution >= 4 is 35.3 Å². The molecule has 7 nitrogen and oxygen atoms in total. The minimum atomic E-state index is -1.38. The molecule has 0 radical (unpaired) electrons. The molecule has 3 atom stereocenters. The molecule has 0 aromatic heterocycles. The fourth-order valence-electron chi connectivity index (χ4n) is 4.85. The third-order valence-corrected chi connectivity index (χ3v) is 7.77. The standard InChI is InChI=1S/C28H24N2O5S/c1-18(31)29-28(21-15-9-4-10-16-21)26(34)30-23(22(32)17-36-27(28)30)25(33)35-24(19-11-5-2-6-12-19)20-13-7-3-8-14-20/h2-16,23-24,27H,17H2,1H3,(H,29,31)/t23?,27-,28-/m0/s1. The molecule has 3 aromatic rings. The van der Waals surface area contributed by atoms with E-state index in [1.165, 1.54) is 23.6 Å². The van der Waals surface area contributed by atoms with Gasteiger partial charge >= 0.3 is 5.97 Å². The van der Waals surface area contributed by atoms with E-state index < -0.39 is 40.7 Å². The third-order valence-electron chi connectivity index (χ3n) is 6.43. The smallest absolute Gasteiger partial charge is 0.337 e. The highest BCUT2D eigenvalue weighted by atomic mass is 32.2. The summed E-state index contributed by atoms with van der Waals surface area (Å²) in [6.45, 7) is 1.34. The molecule has 0 aliphatic carbocycles. The van der Waals surface area contributed by atoms with Gasteiger partial charge in [0.2, 0.25) is 5.91 Å². The molecule has 2 saturated heterocycles. The van der Waals surface area contributed by atoms with Gasteiger partial charge in [-0.05, 0) is 16.7 Å². The predicted molar refractivity (Wildman–Crippen MR) is 135 cm³/mol. The van der Waals surface area contributed by atoms with Crippen LogP contribution >= 0.6 is 11.8 Å². The van der Waals surface area contributed by atoms with Crippen LogP contribution in [0.3, 0.4) is 0 Å². The van der Waals surface area contributed by atoms with Gasteiger partial charge in [-0.2, -0.15) is 0 Å². The van der Waals surface area contributed by atoms with Crippen LogP contribution in [-0.2, 0) is 29.5 Å². The van der Waals surface area contributed by atoms with Crippen LogP contribution in [0.15, 0.2) is 91.0 Å². The first-order valence-electron chi connectivity index (χ1n) is 11.5. The van der Waals surface area contributed by atoms with E-state index in [2.05, 4.69) is 5.32 Å². The van der Waals surface area contributed by atoms with Gasteiger partial charge in [-0.15, -0.1) is 11.8 Å². The summed E-state index contributed by atoms with van der Waals surface area (Å²) in [4.78, 5) is 53.6. The molecule has 8 heteroatoms. The molecule has 2 heterocycles. The summed E-state index contributed by atoms with van der Waals surface area (Å²) in [7, 11) is 0. The Hall–Kier alpha value is -3.91. The molecule has 2 aliphatic rings. The Kier molecular flexibility index (Phi) is 6.36. The summed E-state index contributed by atoms with van der Waals surface area (Å²) in [5.74, 6) is -2.06. The summed E-state index contributed by atoms with van der Waals surface area (Å²) in [6, 6.07) is 26.0. The zero-order valence-electron chi connectivity index (χ0n) is 19.5. The number of carbonyl (C=O) groups is 4. The molecule has 2 aliphatic heterocycles.